The van der Waals surface area contributed by atoms with Gasteiger partial charge in [-0.2, -0.15) is 9.97 Å². The van der Waals surface area contributed by atoms with E-state index in [1.165, 1.54) is 30.3 Å². The summed E-state index contributed by atoms with van der Waals surface area (Å²) >= 11 is 0. The smallest absolute Gasteiger partial charge is 0.226 e. The van der Waals surface area contributed by atoms with Crippen LogP contribution in [0, 0.1) is 0 Å². The van der Waals surface area contributed by atoms with Crippen molar-refractivity contribution < 1.29 is 13.2 Å². The van der Waals surface area contributed by atoms with E-state index >= 15 is 0 Å². The maximum absolute atomic E-state index is 11.3. The second-order valence-electron chi connectivity index (χ2n) is 3.83. The molecule has 100 valence electrons. The SMILES string of the molecule is CS(=O)(=O)c1ccc(Oc2cc(N)nc(N)n2)cc1. The van der Waals surface area contributed by atoms with Crippen molar-refractivity contribution in [2.75, 3.05) is 17.7 Å². The lowest BCUT2D eigenvalue weighted by Crippen LogP contribution is -2.01. The number of rotatable bonds is 3. The fourth-order valence-electron chi connectivity index (χ4n) is 1.39. The first-order valence-electron chi connectivity index (χ1n) is 5.22. The number of benzene rings is 1. The van der Waals surface area contributed by atoms with Crippen molar-refractivity contribution >= 4 is 21.6 Å². The zero-order valence-electron chi connectivity index (χ0n) is 10.1. The van der Waals surface area contributed by atoms with Crippen LogP contribution in [0.1, 0.15) is 0 Å². The van der Waals surface area contributed by atoms with Crippen molar-refractivity contribution in [3.05, 3.63) is 30.3 Å². The molecule has 8 heteroatoms. The molecule has 0 saturated heterocycles. The molecule has 0 unspecified atom stereocenters. The molecular weight excluding hydrogens is 268 g/mol. The Bertz CT molecular complexity index is 678. The lowest BCUT2D eigenvalue weighted by atomic mass is 10.3. The Hall–Kier alpha value is -2.35. The summed E-state index contributed by atoms with van der Waals surface area (Å²) < 4.78 is 28.0. The van der Waals surface area contributed by atoms with Crippen LogP contribution >= 0.6 is 0 Å². The molecular formula is C11H12N4O3S. The minimum Gasteiger partial charge on any atom is -0.439 e. The van der Waals surface area contributed by atoms with Gasteiger partial charge in [0, 0.05) is 12.3 Å². The molecule has 1 aromatic carbocycles. The van der Waals surface area contributed by atoms with Crippen LogP contribution in [0.4, 0.5) is 11.8 Å². The first-order chi connectivity index (χ1) is 8.84. The summed E-state index contributed by atoms with van der Waals surface area (Å²) in [6, 6.07) is 7.34. The first-order valence-corrected chi connectivity index (χ1v) is 7.12. The second-order valence-corrected chi connectivity index (χ2v) is 5.85. The Labute approximate surface area is 110 Å². The molecule has 2 rings (SSSR count). The summed E-state index contributed by atoms with van der Waals surface area (Å²) in [4.78, 5) is 7.76. The molecule has 1 heterocycles. The molecule has 0 amide bonds. The fraction of sp³-hybridized carbons (Fsp3) is 0.0909. The number of ether oxygens (including phenoxy) is 1. The number of hydrogen-bond acceptors (Lipinski definition) is 7. The number of nitrogen functional groups attached to an aromatic ring is 2. The van der Waals surface area contributed by atoms with Crippen LogP contribution in [0.25, 0.3) is 0 Å². The maximum Gasteiger partial charge on any atom is 0.226 e. The van der Waals surface area contributed by atoms with E-state index in [4.69, 9.17) is 16.2 Å². The molecule has 0 aliphatic carbocycles. The van der Waals surface area contributed by atoms with E-state index < -0.39 is 9.84 Å². The highest BCUT2D eigenvalue weighted by Gasteiger charge is 2.07. The quantitative estimate of drug-likeness (QED) is 0.854. The number of anilines is 2. The third-order valence-corrected chi connectivity index (χ3v) is 3.34. The summed E-state index contributed by atoms with van der Waals surface area (Å²) in [6.45, 7) is 0. The van der Waals surface area contributed by atoms with Gasteiger partial charge in [-0.25, -0.2) is 8.42 Å². The zero-order chi connectivity index (χ0) is 14.0. The molecule has 0 atom stereocenters. The van der Waals surface area contributed by atoms with Gasteiger partial charge in [-0.3, -0.25) is 0 Å². The van der Waals surface area contributed by atoms with Crippen molar-refractivity contribution in [3.8, 4) is 11.6 Å². The zero-order valence-corrected chi connectivity index (χ0v) is 10.9. The largest absolute Gasteiger partial charge is 0.439 e. The van der Waals surface area contributed by atoms with Crippen LogP contribution in [-0.2, 0) is 9.84 Å². The predicted molar refractivity (Wildman–Crippen MR) is 70.5 cm³/mol. The third kappa shape index (κ3) is 3.32. The molecule has 0 aliphatic heterocycles. The molecule has 2 aromatic rings. The highest BCUT2D eigenvalue weighted by Crippen LogP contribution is 2.22. The average Bonchev–Trinajstić information content (AvgIpc) is 2.26. The first kappa shape index (κ1) is 13.1. The Balaban J connectivity index is 2.24. The van der Waals surface area contributed by atoms with Crippen LogP contribution in [0.3, 0.4) is 0 Å². The molecule has 19 heavy (non-hydrogen) atoms. The third-order valence-electron chi connectivity index (χ3n) is 2.21. The molecule has 0 saturated carbocycles. The second kappa shape index (κ2) is 4.73. The van der Waals surface area contributed by atoms with E-state index in [0.717, 1.165) is 6.26 Å². The average molecular weight is 280 g/mol. The van der Waals surface area contributed by atoms with Crippen molar-refractivity contribution in [3.63, 3.8) is 0 Å². The Morgan fingerprint density at radius 2 is 1.74 bits per heavy atom. The Morgan fingerprint density at radius 3 is 2.26 bits per heavy atom. The van der Waals surface area contributed by atoms with Gasteiger partial charge in [0.25, 0.3) is 0 Å². The van der Waals surface area contributed by atoms with Gasteiger partial charge >= 0.3 is 0 Å². The lowest BCUT2D eigenvalue weighted by molar-refractivity contribution is 0.462. The summed E-state index contributed by atoms with van der Waals surface area (Å²) in [7, 11) is -3.23. The van der Waals surface area contributed by atoms with Crippen LogP contribution in [0.15, 0.2) is 35.2 Å². The van der Waals surface area contributed by atoms with Gasteiger partial charge < -0.3 is 16.2 Å². The number of sulfone groups is 1. The minimum absolute atomic E-state index is 0.00255. The van der Waals surface area contributed by atoms with E-state index in [0.29, 0.717) is 5.75 Å². The molecule has 0 radical (unpaired) electrons. The summed E-state index contributed by atoms with van der Waals surface area (Å²) in [5.41, 5.74) is 10.9. The van der Waals surface area contributed by atoms with E-state index in [2.05, 4.69) is 9.97 Å². The number of hydrogen-bond donors (Lipinski definition) is 2. The van der Waals surface area contributed by atoms with Crippen LogP contribution in [0.5, 0.6) is 11.6 Å². The normalized spacial score (nSPS) is 11.2. The minimum atomic E-state index is -3.23. The Morgan fingerprint density at radius 1 is 1.11 bits per heavy atom. The standard InChI is InChI=1S/C11H12N4O3S/c1-19(16,17)8-4-2-7(3-5-8)18-10-6-9(12)14-11(13)15-10/h2-6H,1H3,(H4,12,13,14,15). The van der Waals surface area contributed by atoms with Gasteiger partial charge in [0.05, 0.1) is 4.90 Å². The van der Waals surface area contributed by atoms with Gasteiger partial charge in [0.15, 0.2) is 9.84 Å². The van der Waals surface area contributed by atoms with Crippen molar-refractivity contribution in [2.45, 2.75) is 4.90 Å². The van der Waals surface area contributed by atoms with Gasteiger partial charge in [0.2, 0.25) is 11.8 Å². The maximum atomic E-state index is 11.3. The molecule has 0 fully saturated rings. The molecule has 0 spiro atoms. The topological polar surface area (TPSA) is 121 Å². The number of nitrogens with zero attached hydrogens (tertiary/aromatic N) is 2. The molecule has 1 aromatic heterocycles. The molecule has 0 aliphatic rings. The van der Waals surface area contributed by atoms with Crippen LogP contribution in [0.2, 0.25) is 0 Å². The van der Waals surface area contributed by atoms with Gasteiger partial charge in [-0.05, 0) is 24.3 Å². The number of aromatic nitrogens is 2. The van der Waals surface area contributed by atoms with E-state index in [9.17, 15) is 8.42 Å². The van der Waals surface area contributed by atoms with Crippen molar-refractivity contribution in [1.29, 1.82) is 0 Å². The number of nitrogens with two attached hydrogens (primary N) is 2. The highest BCUT2D eigenvalue weighted by molar-refractivity contribution is 7.90. The summed E-state index contributed by atoms with van der Waals surface area (Å²) in [5, 5.41) is 0. The van der Waals surface area contributed by atoms with Crippen molar-refractivity contribution in [2.24, 2.45) is 0 Å². The molecule has 0 bridgehead atoms. The molecule has 7 nitrogen and oxygen atoms in total. The van der Waals surface area contributed by atoms with Crippen LogP contribution in [-0.4, -0.2) is 24.6 Å². The van der Waals surface area contributed by atoms with Gasteiger partial charge in [0.1, 0.15) is 11.6 Å². The highest BCUT2D eigenvalue weighted by atomic mass is 32.2. The van der Waals surface area contributed by atoms with E-state index in [-0.39, 0.29) is 22.5 Å². The predicted octanol–water partition coefficient (Wildman–Crippen LogP) is 0.837. The van der Waals surface area contributed by atoms with Gasteiger partial charge in [-0.1, -0.05) is 0 Å². The summed E-state index contributed by atoms with van der Waals surface area (Å²) in [6.07, 6.45) is 1.13. The monoisotopic (exact) mass is 280 g/mol. The van der Waals surface area contributed by atoms with E-state index in [1.54, 1.807) is 0 Å². The van der Waals surface area contributed by atoms with Gasteiger partial charge in [-0.15, -0.1) is 0 Å². The Kier molecular flexibility index (Phi) is 3.26. The fourth-order valence-corrected chi connectivity index (χ4v) is 2.02. The lowest BCUT2D eigenvalue weighted by Gasteiger charge is -2.06. The van der Waals surface area contributed by atoms with E-state index in [1.807, 2.05) is 0 Å². The van der Waals surface area contributed by atoms with Crippen molar-refractivity contribution in [1.82, 2.24) is 9.97 Å². The van der Waals surface area contributed by atoms with Crippen LogP contribution < -0.4 is 16.2 Å². The molecule has 4 N–H and O–H groups in total. The summed E-state index contributed by atoms with van der Waals surface area (Å²) in [5.74, 6) is 0.806.